The minimum Gasteiger partial charge on any atom is -0.398 e. The number of hydrogen-bond donors (Lipinski definition) is 1. The van der Waals surface area contributed by atoms with Crippen LogP contribution in [0.2, 0.25) is 0 Å². The number of anilines is 1. The van der Waals surface area contributed by atoms with E-state index < -0.39 is 0 Å². The van der Waals surface area contributed by atoms with Gasteiger partial charge in [0.1, 0.15) is 10.9 Å². The molecule has 0 aliphatic rings. The first-order chi connectivity index (χ1) is 6.22. The third-order valence-corrected chi connectivity index (χ3v) is 3.80. The van der Waals surface area contributed by atoms with Crippen molar-refractivity contribution in [2.45, 2.75) is 0 Å². The molecule has 4 heteroatoms. The molecule has 0 aliphatic heterocycles. The minimum absolute atomic E-state index is 0.714. The van der Waals surface area contributed by atoms with Crippen molar-refractivity contribution in [1.82, 2.24) is 0 Å². The fourth-order valence-corrected chi connectivity index (χ4v) is 2.86. The lowest BCUT2D eigenvalue weighted by Crippen LogP contribution is -1.84. The number of halogens is 1. The van der Waals surface area contributed by atoms with Crippen LogP contribution in [-0.2, 0) is 0 Å². The summed E-state index contributed by atoms with van der Waals surface area (Å²) in [6.07, 6.45) is 0. The zero-order valence-corrected chi connectivity index (χ0v) is 9.52. The molecule has 0 saturated heterocycles. The molecule has 1 aromatic carbocycles. The minimum atomic E-state index is 0.714. The Morgan fingerprint density at radius 1 is 1.46 bits per heavy atom. The van der Waals surface area contributed by atoms with Crippen LogP contribution < -0.4 is 5.73 Å². The molecular weight excluding hydrogens is 295 g/mol. The standard InChI is InChI=1S/C9H5IN2S/c10-7-1-2-8(12)9-6(7)3-5(4-11)13-9/h1-3H,12H2. The van der Waals surface area contributed by atoms with Crippen molar-refractivity contribution >= 4 is 49.7 Å². The Labute approximate surface area is 93.1 Å². The second-order valence-corrected chi connectivity index (χ2v) is 4.82. The van der Waals surface area contributed by atoms with Gasteiger partial charge in [-0.3, -0.25) is 0 Å². The number of nitrogens with zero attached hydrogens (tertiary/aromatic N) is 1. The molecule has 1 aromatic heterocycles. The molecular formula is C9H5IN2S. The number of fused-ring (bicyclic) bond motifs is 1. The van der Waals surface area contributed by atoms with E-state index in [9.17, 15) is 0 Å². The highest BCUT2D eigenvalue weighted by atomic mass is 127. The van der Waals surface area contributed by atoms with Gasteiger partial charge < -0.3 is 5.73 Å². The Kier molecular flexibility index (Phi) is 2.14. The molecule has 0 amide bonds. The summed E-state index contributed by atoms with van der Waals surface area (Å²) >= 11 is 3.69. The van der Waals surface area contributed by atoms with E-state index in [-0.39, 0.29) is 0 Å². The lowest BCUT2D eigenvalue weighted by molar-refractivity contribution is 1.52. The van der Waals surface area contributed by atoms with Gasteiger partial charge in [0, 0.05) is 14.6 Å². The Morgan fingerprint density at radius 2 is 2.23 bits per heavy atom. The highest BCUT2D eigenvalue weighted by Crippen LogP contribution is 2.33. The summed E-state index contributed by atoms with van der Waals surface area (Å²) < 4.78 is 2.16. The quantitative estimate of drug-likeness (QED) is 0.600. The lowest BCUT2D eigenvalue weighted by Gasteiger charge is -1.96. The molecule has 0 fully saturated rings. The molecule has 1 heterocycles. The van der Waals surface area contributed by atoms with Gasteiger partial charge in [0.25, 0.3) is 0 Å². The van der Waals surface area contributed by atoms with Crippen LogP contribution in [0.5, 0.6) is 0 Å². The molecule has 64 valence electrons. The third kappa shape index (κ3) is 1.38. The second-order valence-electron chi connectivity index (χ2n) is 2.60. The van der Waals surface area contributed by atoms with Gasteiger partial charge in [0.05, 0.1) is 4.70 Å². The van der Waals surface area contributed by atoms with E-state index in [1.54, 1.807) is 0 Å². The Bertz CT molecular complexity index is 471. The zero-order valence-electron chi connectivity index (χ0n) is 6.54. The molecule has 0 spiro atoms. The number of nitrogens with two attached hydrogens (primary N) is 1. The molecule has 13 heavy (non-hydrogen) atoms. The van der Waals surface area contributed by atoms with Gasteiger partial charge in [-0.1, -0.05) is 0 Å². The van der Waals surface area contributed by atoms with E-state index in [2.05, 4.69) is 28.7 Å². The second kappa shape index (κ2) is 3.16. The number of rotatable bonds is 0. The monoisotopic (exact) mass is 300 g/mol. The predicted octanol–water partition coefficient (Wildman–Crippen LogP) is 2.96. The van der Waals surface area contributed by atoms with Crippen LogP contribution in [0.25, 0.3) is 10.1 Å². The van der Waals surface area contributed by atoms with Crippen molar-refractivity contribution < 1.29 is 0 Å². The molecule has 2 N–H and O–H groups in total. The third-order valence-electron chi connectivity index (χ3n) is 1.77. The van der Waals surface area contributed by atoms with E-state index in [1.807, 2.05) is 18.2 Å². The Balaban J connectivity index is 2.90. The average molecular weight is 300 g/mol. The number of hydrogen-bond acceptors (Lipinski definition) is 3. The van der Waals surface area contributed by atoms with Crippen LogP contribution in [0.3, 0.4) is 0 Å². The first kappa shape index (κ1) is 8.78. The smallest absolute Gasteiger partial charge is 0.110 e. The van der Waals surface area contributed by atoms with Crippen molar-refractivity contribution in [3.63, 3.8) is 0 Å². The summed E-state index contributed by atoms with van der Waals surface area (Å²) in [4.78, 5) is 0.714. The van der Waals surface area contributed by atoms with Gasteiger partial charge in [-0.2, -0.15) is 5.26 Å². The van der Waals surface area contributed by atoms with Crippen molar-refractivity contribution in [2.75, 3.05) is 5.73 Å². The molecule has 2 rings (SSSR count). The first-order valence-electron chi connectivity index (χ1n) is 3.60. The highest BCUT2D eigenvalue weighted by molar-refractivity contribution is 14.1. The van der Waals surface area contributed by atoms with Gasteiger partial charge in [-0.05, 0) is 40.8 Å². The fourth-order valence-electron chi connectivity index (χ4n) is 1.17. The summed E-state index contributed by atoms with van der Waals surface area (Å²) in [6, 6.07) is 7.86. The molecule has 2 nitrogen and oxygen atoms in total. The van der Waals surface area contributed by atoms with E-state index in [4.69, 9.17) is 11.0 Å². The van der Waals surface area contributed by atoms with Gasteiger partial charge >= 0.3 is 0 Å². The van der Waals surface area contributed by atoms with Gasteiger partial charge in [0.15, 0.2) is 0 Å². The summed E-state index contributed by atoms with van der Waals surface area (Å²) in [5.74, 6) is 0. The largest absolute Gasteiger partial charge is 0.398 e. The average Bonchev–Trinajstić information content (AvgIpc) is 2.56. The molecule has 0 radical (unpaired) electrons. The van der Waals surface area contributed by atoms with Crippen LogP contribution in [0.1, 0.15) is 4.88 Å². The van der Waals surface area contributed by atoms with Crippen LogP contribution in [-0.4, -0.2) is 0 Å². The maximum Gasteiger partial charge on any atom is 0.110 e. The Hall–Kier alpha value is -0.800. The maximum atomic E-state index is 8.74. The first-order valence-corrected chi connectivity index (χ1v) is 5.49. The maximum absolute atomic E-state index is 8.74. The highest BCUT2D eigenvalue weighted by Gasteiger charge is 2.06. The summed E-state index contributed by atoms with van der Waals surface area (Å²) in [7, 11) is 0. The predicted molar refractivity (Wildman–Crippen MR) is 63.7 cm³/mol. The number of nitrogen functional groups attached to an aromatic ring is 1. The fraction of sp³-hybridized carbons (Fsp3) is 0. The van der Waals surface area contributed by atoms with Crippen molar-refractivity contribution in [1.29, 1.82) is 5.26 Å². The van der Waals surface area contributed by atoms with E-state index in [1.165, 1.54) is 11.3 Å². The van der Waals surface area contributed by atoms with Crippen LogP contribution in [0.4, 0.5) is 5.69 Å². The number of thiophene rings is 1. The van der Waals surface area contributed by atoms with E-state index in [0.717, 1.165) is 19.3 Å². The summed E-state index contributed by atoms with van der Waals surface area (Å²) in [6.45, 7) is 0. The SMILES string of the molecule is N#Cc1cc2c(I)ccc(N)c2s1. The van der Waals surface area contributed by atoms with Gasteiger partial charge in [-0.15, -0.1) is 11.3 Å². The van der Waals surface area contributed by atoms with Crippen molar-refractivity contribution in [3.8, 4) is 6.07 Å². The Morgan fingerprint density at radius 3 is 2.85 bits per heavy atom. The van der Waals surface area contributed by atoms with E-state index >= 15 is 0 Å². The normalized spacial score (nSPS) is 10.2. The topological polar surface area (TPSA) is 49.8 Å². The molecule has 0 atom stereocenters. The van der Waals surface area contributed by atoms with Crippen molar-refractivity contribution in [2.24, 2.45) is 0 Å². The molecule has 0 bridgehead atoms. The molecule has 0 saturated carbocycles. The van der Waals surface area contributed by atoms with Gasteiger partial charge in [0.2, 0.25) is 0 Å². The lowest BCUT2D eigenvalue weighted by atomic mass is 10.2. The van der Waals surface area contributed by atoms with Crippen LogP contribution in [0, 0.1) is 14.9 Å². The molecule has 0 aliphatic carbocycles. The molecule has 2 aromatic rings. The number of benzene rings is 1. The molecule has 0 unspecified atom stereocenters. The van der Waals surface area contributed by atoms with Crippen LogP contribution >= 0.6 is 33.9 Å². The van der Waals surface area contributed by atoms with Crippen molar-refractivity contribution in [3.05, 3.63) is 26.6 Å². The summed E-state index contributed by atoms with van der Waals surface area (Å²) in [5, 5.41) is 9.82. The number of nitriles is 1. The summed E-state index contributed by atoms with van der Waals surface area (Å²) in [5.41, 5.74) is 6.54. The van der Waals surface area contributed by atoms with Gasteiger partial charge in [-0.25, -0.2) is 0 Å². The van der Waals surface area contributed by atoms with E-state index in [0.29, 0.717) is 4.88 Å². The van der Waals surface area contributed by atoms with Crippen LogP contribution in [0.15, 0.2) is 18.2 Å². The zero-order chi connectivity index (χ0) is 9.42.